The van der Waals surface area contributed by atoms with Gasteiger partial charge in [-0.05, 0) is 71.0 Å². The summed E-state index contributed by atoms with van der Waals surface area (Å²) in [6.07, 6.45) is 8.61. The summed E-state index contributed by atoms with van der Waals surface area (Å²) in [7, 11) is -3.59. The fourth-order valence-corrected chi connectivity index (χ4v) is 5.69. The molecule has 4 rings (SSSR count). The summed E-state index contributed by atoms with van der Waals surface area (Å²) < 4.78 is 45.5. The van der Waals surface area contributed by atoms with Crippen molar-refractivity contribution >= 4 is 23.0 Å². The van der Waals surface area contributed by atoms with Gasteiger partial charge < -0.3 is 18.9 Å². The standard InChI is InChI=1S/C24H38BN3O5S/c1-23(2)24(3,4)33-25(32-23)19-9-11-20(12-10-19)31-17-18-16-28(22-8-6-7-14-26-22)15-13-21(18)27-34(5,29)30/h6-9,14,18,20-21,27H,10-13,15-17H2,1-5H3. The Kier molecular flexibility index (Phi) is 7.46. The fraction of sp³-hybridized carbons (Fsp3) is 0.708. The number of rotatable bonds is 7. The van der Waals surface area contributed by atoms with Gasteiger partial charge in [0.15, 0.2) is 0 Å². The lowest BCUT2D eigenvalue weighted by Crippen LogP contribution is -2.52. The monoisotopic (exact) mass is 491 g/mol. The second-order valence-electron chi connectivity index (χ2n) is 10.8. The molecule has 0 spiro atoms. The summed E-state index contributed by atoms with van der Waals surface area (Å²) in [5.74, 6) is 0.955. The molecule has 0 radical (unpaired) electrons. The van der Waals surface area contributed by atoms with Crippen LogP contribution in [0, 0.1) is 5.92 Å². The third kappa shape index (κ3) is 6.02. The average Bonchev–Trinajstić information content (AvgIpc) is 3.00. The topological polar surface area (TPSA) is 90.0 Å². The van der Waals surface area contributed by atoms with Gasteiger partial charge in [0.05, 0.1) is 30.2 Å². The number of sulfonamides is 1. The van der Waals surface area contributed by atoms with Crippen molar-refractivity contribution in [2.24, 2.45) is 5.92 Å². The first-order chi connectivity index (χ1) is 15.9. The molecule has 188 valence electrons. The Hall–Kier alpha value is -1.46. The second kappa shape index (κ2) is 9.89. The molecule has 0 bridgehead atoms. The van der Waals surface area contributed by atoms with Gasteiger partial charge in [0, 0.05) is 31.2 Å². The van der Waals surface area contributed by atoms with Crippen molar-refractivity contribution < 1.29 is 22.5 Å². The lowest BCUT2D eigenvalue weighted by molar-refractivity contribution is 0.00578. The van der Waals surface area contributed by atoms with Crippen LogP contribution >= 0.6 is 0 Å². The lowest BCUT2D eigenvalue weighted by Gasteiger charge is -2.39. The SMILES string of the molecule is CC1(C)OB(C2=CCC(OCC3CN(c4ccccn4)CCC3NS(C)(=O)=O)CC2)OC1(C)C. The number of nitrogens with zero attached hydrogens (tertiary/aromatic N) is 2. The first kappa shape index (κ1) is 25.6. The largest absolute Gasteiger partial charge is 0.490 e. The van der Waals surface area contributed by atoms with E-state index in [0.29, 0.717) is 19.6 Å². The van der Waals surface area contributed by atoms with Crippen LogP contribution in [0.3, 0.4) is 0 Å². The van der Waals surface area contributed by atoms with Crippen LogP contribution in [0.4, 0.5) is 5.82 Å². The molecule has 2 fully saturated rings. The van der Waals surface area contributed by atoms with Gasteiger partial charge in [0.2, 0.25) is 10.0 Å². The number of hydrogen-bond acceptors (Lipinski definition) is 7. The van der Waals surface area contributed by atoms with E-state index >= 15 is 0 Å². The molecule has 0 amide bonds. The molecule has 3 atom stereocenters. The van der Waals surface area contributed by atoms with Crippen LogP contribution in [0.15, 0.2) is 35.9 Å². The Balaban J connectivity index is 1.35. The molecule has 1 aromatic rings. The molecule has 8 nitrogen and oxygen atoms in total. The zero-order chi connectivity index (χ0) is 24.6. The van der Waals surface area contributed by atoms with Gasteiger partial charge in [-0.1, -0.05) is 12.1 Å². The number of hydrogen-bond donors (Lipinski definition) is 1. The van der Waals surface area contributed by atoms with E-state index in [1.807, 2.05) is 18.2 Å². The van der Waals surface area contributed by atoms with Gasteiger partial charge in [-0.15, -0.1) is 0 Å². The number of anilines is 1. The maximum Gasteiger partial charge on any atom is 0.490 e. The van der Waals surface area contributed by atoms with Crippen LogP contribution in [0.25, 0.3) is 0 Å². The van der Waals surface area contributed by atoms with Crippen LogP contribution in [0.5, 0.6) is 0 Å². The summed E-state index contributed by atoms with van der Waals surface area (Å²) in [4.78, 5) is 6.68. The third-order valence-corrected chi connectivity index (χ3v) is 8.30. The highest BCUT2D eigenvalue weighted by Gasteiger charge is 2.52. The Morgan fingerprint density at radius 2 is 1.94 bits per heavy atom. The average molecular weight is 491 g/mol. The van der Waals surface area contributed by atoms with E-state index < -0.39 is 10.0 Å². The zero-order valence-electron chi connectivity index (χ0n) is 21.0. The summed E-state index contributed by atoms with van der Waals surface area (Å²) in [6.45, 7) is 10.2. The smallest absolute Gasteiger partial charge is 0.400 e. The summed E-state index contributed by atoms with van der Waals surface area (Å²) in [6, 6.07) is 5.72. The molecule has 0 saturated carbocycles. The van der Waals surface area contributed by atoms with E-state index in [4.69, 9.17) is 14.0 Å². The van der Waals surface area contributed by atoms with Gasteiger partial charge >= 0.3 is 7.12 Å². The molecule has 1 aromatic heterocycles. The van der Waals surface area contributed by atoms with Crippen molar-refractivity contribution in [3.8, 4) is 0 Å². The molecule has 3 heterocycles. The van der Waals surface area contributed by atoms with Crippen molar-refractivity contribution in [2.75, 3.05) is 30.9 Å². The van der Waals surface area contributed by atoms with Gasteiger partial charge in [-0.25, -0.2) is 18.1 Å². The second-order valence-corrected chi connectivity index (χ2v) is 12.6. The quantitative estimate of drug-likeness (QED) is 0.587. The summed E-state index contributed by atoms with van der Waals surface area (Å²) in [5, 5.41) is 0. The fourth-order valence-electron chi connectivity index (χ4n) is 4.83. The van der Waals surface area contributed by atoms with Crippen LogP contribution in [-0.4, -0.2) is 69.8 Å². The molecule has 3 aliphatic rings. The van der Waals surface area contributed by atoms with Gasteiger partial charge in [-0.2, -0.15) is 0 Å². The molecular formula is C24H38BN3O5S. The van der Waals surface area contributed by atoms with Gasteiger partial charge in [0.1, 0.15) is 5.82 Å². The van der Waals surface area contributed by atoms with Crippen LogP contribution < -0.4 is 9.62 Å². The molecule has 3 unspecified atom stereocenters. The van der Waals surface area contributed by atoms with E-state index in [0.717, 1.165) is 31.6 Å². The Labute approximate surface area is 204 Å². The van der Waals surface area contributed by atoms with Gasteiger partial charge in [-0.3, -0.25) is 0 Å². The lowest BCUT2D eigenvalue weighted by atomic mass is 9.72. The predicted molar refractivity (Wildman–Crippen MR) is 134 cm³/mol. The number of allylic oxidation sites excluding steroid dienone is 1. The predicted octanol–water partition coefficient (Wildman–Crippen LogP) is 2.95. The Morgan fingerprint density at radius 1 is 1.21 bits per heavy atom. The first-order valence-electron chi connectivity index (χ1n) is 12.2. The normalized spacial score (nSPS) is 29.2. The maximum atomic E-state index is 11.9. The number of ether oxygens (including phenoxy) is 1. The zero-order valence-corrected chi connectivity index (χ0v) is 21.8. The van der Waals surface area contributed by atoms with Crippen molar-refractivity contribution in [3.05, 3.63) is 35.9 Å². The molecular weight excluding hydrogens is 453 g/mol. The Bertz CT molecular complexity index is 970. The summed E-state index contributed by atoms with van der Waals surface area (Å²) in [5.41, 5.74) is 0.510. The molecule has 2 aliphatic heterocycles. The minimum Gasteiger partial charge on any atom is -0.400 e. The molecule has 34 heavy (non-hydrogen) atoms. The maximum absolute atomic E-state index is 11.9. The van der Waals surface area contributed by atoms with Crippen LogP contribution in [0.1, 0.15) is 53.4 Å². The highest BCUT2D eigenvalue weighted by Crippen LogP contribution is 2.40. The molecule has 1 aliphatic carbocycles. The van der Waals surface area contributed by atoms with E-state index in [1.54, 1.807) is 6.20 Å². The van der Waals surface area contributed by atoms with Crippen molar-refractivity contribution in [1.82, 2.24) is 9.71 Å². The van der Waals surface area contributed by atoms with Gasteiger partial charge in [0.25, 0.3) is 0 Å². The molecule has 2 saturated heterocycles. The minimum atomic E-state index is -3.29. The highest BCUT2D eigenvalue weighted by atomic mass is 32.2. The van der Waals surface area contributed by atoms with E-state index in [2.05, 4.69) is 48.4 Å². The van der Waals surface area contributed by atoms with E-state index in [9.17, 15) is 8.42 Å². The van der Waals surface area contributed by atoms with Crippen molar-refractivity contribution in [3.63, 3.8) is 0 Å². The number of nitrogens with one attached hydrogen (secondary N) is 1. The Morgan fingerprint density at radius 3 is 2.53 bits per heavy atom. The first-order valence-corrected chi connectivity index (χ1v) is 14.1. The molecule has 1 N–H and O–H groups in total. The van der Waals surface area contributed by atoms with Crippen LogP contribution in [0.2, 0.25) is 0 Å². The molecule has 10 heteroatoms. The summed E-state index contributed by atoms with van der Waals surface area (Å²) >= 11 is 0. The van der Waals surface area contributed by atoms with Crippen molar-refractivity contribution in [2.45, 2.75) is 76.7 Å². The molecule has 0 aromatic carbocycles. The van der Waals surface area contributed by atoms with E-state index in [-0.39, 0.29) is 36.4 Å². The van der Waals surface area contributed by atoms with Crippen molar-refractivity contribution in [1.29, 1.82) is 0 Å². The third-order valence-electron chi connectivity index (χ3n) is 7.57. The van der Waals surface area contributed by atoms with Crippen LogP contribution in [-0.2, 0) is 24.1 Å². The highest BCUT2D eigenvalue weighted by molar-refractivity contribution is 7.88. The van der Waals surface area contributed by atoms with E-state index in [1.165, 1.54) is 11.7 Å². The minimum absolute atomic E-state index is 0.0407. The number of piperidine rings is 1. The number of pyridine rings is 1. The number of aromatic nitrogens is 1.